The van der Waals surface area contributed by atoms with E-state index in [0.29, 0.717) is 71.1 Å². The number of fused-ring (bicyclic) bond motifs is 1. The number of nitrogens with zero attached hydrogens (tertiary/aromatic N) is 2. The number of nitrogens with one attached hydrogen (secondary N) is 3. The average molecular weight is 524 g/mol. The van der Waals surface area contributed by atoms with Gasteiger partial charge in [0.1, 0.15) is 35.2 Å². The summed E-state index contributed by atoms with van der Waals surface area (Å²) < 4.78 is 20.3. The smallest absolute Gasteiger partial charge is 0.255 e. The van der Waals surface area contributed by atoms with Gasteiger partial charge >= 0.3 is 0 Å². The topological polar surface area (TPSA) is 129 Å². The van der Waals surface area contributed by atoms with Gasteiger partial charge in [-0.05, 0) is 76.0 Å². The quantitative estimate of drug-likeness (QED) is 0.357. The molecule has 0 bridgehead atoms. The zero-order chi connectivity index (χ0) is 27.0. The molecule has 2 aliphatic carbocycles. The van der Waals surface area contributed by atoms with Gasteiger partial charge in [0.15, 0.2) is 0 Å². The molecule has 2 amide bonds. The van der Waals surface area contributed by atoms with E-state index in [9.17, 15) is 19.1 Å². The van der Waals surface area contributed by atoms with Crippen molar-refractivity contribution in [2.45, 2.75) is 71.1 Å². The standard InChI is InChI=1S/C28H34FN5O4/c1-14-10-19(7-8-21(14)34-27(36)16(3)35)33-28(37)23-15(2)32-26-24(30-13-31-25(23)26)20-11-18(29)6-9-22(20)38-12-17-4-5-17/h6,9,11,13-14,16-17,19,21,32,35H,4-5,7-8,10,12H2,1-3H3,(H,33,37)(H,34,36)/t14-,16+,19+,21-/m1/s1. The van der Waals surface area contributed by atoms with Gasteiger partial charge in [0.2, 0.25) is 5.91 Å². The average Bonchev–Trinajstić information content (AvgIpc) is 3.64. The van der Waals surface area contributed by atoms with Crippen molar-refractivity contribution >= 4 is 22.8 Å². The van der Waals surface area contributed by atoms with Crippen LogP contribution < -0.4 is 15.4 Å². The summed E-state index contributed by atoms with van der Waals surface area (Å²) in [5, 5.41) is 15.5. The molecule has 38 heavy (non-hydrogen) atoms. The summed E-state index contributed by atoms with van der Waals surface area (Å²) in [5.41, 5.74) is 3.08. The van der Waals surface area contributed by atoms with Gasteiger partial charge in [-0.1, -0.05) is 6.92 Å². The fraction of sp³-hybridized carbons (Fsp3) is 0.500. The van der Waals surface area contributed by atoms with Gasteiger partial charge < -0.3 is 25.5 Å². The number of rotatable bonds is 8. The molecule has 202 valence electrons. The van der Waals surface area contributed by atoms with Gasteiger partial charge in [-0.2, -0.15) is 0 Å². The van der Waals surface area contributed by atoms with E-state index in [0.717, 1.165) is 12.8 Å². The molecule has 0 spiro atoms. The SMILES string of the molecule is Cc1[nH]c2c(-c3cc(F)ccc3OCC3CC3)ncnc2c1C(=O)N[C@H]1CC[C@@H](NC(=O)[C@H](C)O)[C@H](C)C1. The molecule has 2 heterocycles. The van der Waals surface area contributed by atoms with Gasteiger partial charge in [0, 0.05) is 23.3 Å². The lowest BCUT2D eigenvalue weighted by Crippen LogP contribution is -2.49. The Bertz CT molecular complexity index is 1350. The number of amides is 2. The van der Waals surface area contributed by atoms with E-state index >= 15 is 0 Å². The number of halogens is 1. The maximum Gasteiger partial charge on any atom is 0.255 e. The van der Waals surface area contributed by atoms with Crippen LogP contribution in [0.15, 0.2) is 24.5 Å². The number of hydrogen-bond donors (Lipinski definition) is 4. The van der Waals surface area contributed by atoms with Gasteiger partial charge in [0.05, 0.1) is 17.7 Å². The van der Waals surface area contributed by atoms with Crippen LogP contribution in [0.1, 0.15) is 62.0 Å². The van der Waals surface area contributed by atoms with Gasteiger partial charge in [-0.15, -0.1) is 0 Å². The number of aromatic amines is 1. The van der Waals surface area contributed by atoms with Crippen molar-refractivity contribution in [2.75, 3.05) is 6.61 Å². The number of hydrogen-bond acceptors (Lipinski definition) is 6. The number of carbonyl (C=O) groups is 2. The molecule has 2 aliphatic rings. The largest absolute Gasteiger partial charge is 0.493 e. The number of aliphatic hydroxyl groups excluding tert-OH is 1. The molecule has 0 unspecified atom stereocenters. The molecular formula is C28H34FN5O4. The Kier molecular flexibility index (Phi) is 7.34. The van der Waals surface area contributed by atoms with Crippen LogP contribution in [0.3, 0.4) is 0 Å². The third kappa shape index (κ3) is 5.50. The van der Waals surface area contributed by atoms with E-state index in [-0.39, 0.29) is 29.8 Å². The summed E-state index contributed by atoms with van der Waals surface area (Å²) >= 11 is 0. The number of carbonyl (C=O) groups excluding carboxylic acids is 2. The molecule has 2 saturated carbocycles. The van der Waals surface area contributed by atoms with Crippen LogP contribution in [0.2, 0.25) is 0 Å². The van der Waals surface area contributed by atoms with Crippen molar-refractivity contribution in [3.8, 4) is 17.0 Å². The second-order valence-electron chi connectivity index (χ2n) is 10.7. The van der Waals surface area contributed by atoms with E-state index in [2.05, 4.69) is 25.6 Å². The minimum atomic E-state index is -1.05. The zero-order valence-electron chi connectivity index (χ0n) is 21.9. The minimum Gasteiger partial charge on any atom is -0.493 e. The highest BCUT2D eigenvalue weighted by molar-refractivity contribution is 6.09. The Morgan fingerprint density at radius 1 is 1.21 bits per heavy atom. The summed E-state index contributed by atoms with van der Waals surface area (Å²) in [6.07, 6.45) is 4.71. The summed E-state index contributed by atoms with van der Waals surface area (Å²) in [5.74, 6) is 0.191. The van der Waals surface area contributed by atoms with Gasteiger partial charge in [-0.25, -0.2) is 14.4 Å². The van der Waals surface area contributed by atoms with E-state index in [1.807, 2.05) is 13.8 Å². The first-order chi connectivity index (χ1) is 18.2. The monoisotopic (exact) mass is 523 g/mol. The lowest BCUT2D eigenvalue weighted by molar-refractivity contribution is -0.129. The molecule has 1 aromatic carbocycles. The molecule has 0 saturated heterocycles. The summed E-state index contributed by atoms with van der Waals surface area (Å²) in [4.78, 5) is 37.4. The Labute approximate surface area is 220 Å². The molecule has 4 N–H and O–H groups in total. The van der Waals surface area contributed by atoms with Crippen LogP contribution in [-0.4, -0.2) is 56.7 Å². The summed E-state index contributed by atoms with van der Waals surface area (Å²) in [6.45, 7) is 5.86. The van der Waals surface area contributed by atoms with Crippen LogP contribution in [0.4, 0.5) is 4.39 Å². The van der Waals surface area contributed by atoms with E-state index in [1.165, 1.54) is 25.4 Å². The summed E-state index contributed by atoms with van der Waals surface area (Å²) in [7, 11) is 0. The van der Waals surface area contributed by atoms with Crippen LogP contribution in [-0.2, 0) is 4.79 Å². The van der Waals surface area contributed by atoms with E-state index < -0.39 is 11.9 Å². The maximum absolute atomic E-state index is 14.3. The molecule has 10 heteroatoms. The number of aliphatic hydroxyl groups is 1. The van der Waals surface area contributed by atoms with Crippen molar-refractivity contribution < 1.29 is 23.8 Å². The number of aromatic nitrogens is 3. The third-order valence-corrected chi connectivity index (χ3v) is 7.58. The molecule has 2 aromatic heterocycles. The first kappa shape index (κ1) is 26.1. The highest BCUT2D eigenvalue weighted by atomic mass is 19.1. The number of aryl methyl sites for hydroxylation is 1. The zero-order valence-corrected chi connectivity index (χ0v) is 21.9. The lowest BCUT2D eigenvalue weighted by Gasteiger charge is -2.35. The highest BCUT2D eigenvalue weighted by Crippen LogP contribution is 2.37. The van der Waals surface area contributed by atoms with Crippen molar-refractivity contribution in [3.05, 3.63) is 41.6 Å². The van der Waals surface area contributed by atoms with Crippen LogP contribution in [0, 0.1) is 24.6 Å². The van der Waals surface area contributed by atoms with Crippen molar-refractivity contribution in [1.29, 1.82) is 0 Å². The molecule has 5 rings (SSSR count). The number of benzene rings is 1. The molecule has 9 nitrogen and oxygen atoms in total. The van der Waals surface area contributed by atoms with Crippen LogP contribution >= 0.6 is 0 Å². The highest BCUT2D eigenvalue weighted by Gasteiger charge is 2.31. The molecule has 3 aromatic rings. The van der Waals surface area contributed by atoms with Crippen LogP contribution in [0.25, 0.3) is 22.3 Å². The minimum absolute atomic E-state index is 0.0435. The van der Waals surface area contributed by atoms with Crippen molar-refractivity contribution in [2.24, 2.45) is 11.8 Å². The lowest BCUT2D eigenvalue weighted by atomic mass is 9.82. The molecule has 0 aliphatic heterocycles. The number of H-pyrrole nitrogens is 1. The van der Waals surface area contributed by atoms with E-state index in [1.54, 1.807) is 6.07 Å². The second kappa shape index (κ2) is 10.7. The molecular weight excluding hydrogens is 489 g/mol. The molecule has 4 atom stereocenters. The molecule has 0 radical (unpaired) electrons. The Hall–Kier alpha value is -3.53. The fourth-order valence-corrected chi connectivity index (χ4v) is 5.21. The normalized spacial score (nSPS) is 22.2. The molecule has 2 fully saturated rings. The second-order valence-corrected chi connectivity index (χ2v) is 10.7. The predicted molar refractivity (Wildman–Crippen MR) is 140 cm³/mol. The third-order valence-electron chi connectivity index (χ3n) is 7.58. The number of ether oxygens (including phenoxy) is 1. The van der Waals surface area contributed by atoms with Crippen molar-refractivity contribution in [1.82, 2.24) is 25.6 Å². The van der Waals surface area contributed by atoms with Gasteiger partial charge in [-0.3, -0.25) is 9.59 Å². The van der Waals surface area contributed by atoms with Crippen molar-refractivity contribution in [3.63, 3.8) is 0 Å². The first-order valence-electron chi connectivity index (χ1n) is 13.3. The Morgan fingerprint density at radius 3 is 2.71 bits per heavy atom. The Morgan fingerprint density at radius 2 is 2.00 bits per heavy atom. The van der Waals surface area contributed by atoms with Gasteiger partial charge in [0.25, 0.3) is 5.91 Å². The maximum atomic E-state index is 14.3. The first-order valence-corrected chi connectivity index (χ1v) is 13.3. The summed E-state index contributed by atoms with van der Waals surface area (Å²) in [6, 6.07) is 4.28. The Balaban J connectivity index is 1.36. The van der Waals surface area contributed by atoms with E-state index in [4.69, 9.17) is 4.74 Å². The fourth-order valence-electron chi connectivity index (χ4n) is 5.21. The van der Waals surface area contributed by atoms with Crippen LogP contribution in [0.5, 0.6) is 5.75 Å². The predicted octanol–water partition coefficient (Wildman–Crippen LogP) is 3.65.